The zero-order chi connectivity index (χ0) is 35.0. The summed E-state index contributed by atoms with van der Waals surface area (Å²) in [5.41, 5.74) is 4.30. The van der Waals surface area contributed by atoms with E-state index in [9.17, 15) is 0 Å². The van der Waals surface area contributed by atoms with E-state index in [-0.39, 0.29) is 23.6 Å². The summed E-state index contributed by atoms with van der Waals surface area (Å²) in [7, 11) is -0.240. The molecule has 0 N–H and O–H groups in total. The molecule has 0 radical (unpaired) electrons. The van der Waals surface area contributed by atoms with Crippen LogP contribution in [0.4, 0.5) is 0 Å². The van der Waals surface area contributed by atoms with Crippen molar-refractivity contribution >= 4 is 111 Å². The van der Waals surface area contributed by atoms with Crippen molar-refractivity contribution in [1.82, 2.24) is 19.9 Å². The summed E-state index contributed by atoms with van der Waals surface area (Å²) in [5, 5.41) is 3.11. The Labute approximate surface area is 313 Å². The summed E-state index contributed by atoms with van der Waals surface area (Å²) in [4.78, 5) is 17.0. The molecular formula is C38H30BCl3N4O2S2. The van der Waals surface area contributed by atoms with Crippen LogP contribution in [0.25, 0.3) is 51.9 Å². The molecule has 1 aliphatic heterocycles. The van der Waals surface area contributed by atoms with Crippen LogP contribution in [0.2, 0.25) is 15.7 Å². The maximum atomic E-state index is 6.11. The highest BCUT2D eigenvalue weighted by atomic mass is 35.5. The second-order valence-corrected chi connectivity index (χ2v) is 15.7. The van der Waals surface area contributed by atoms with Gasteiger partial charge in [-0.15, -0.1) is 22.7 Å². The zero-order valence-corrected chi connectivity index (χ0v) is 31.4. The zero-order valence-electron chi connectivity index (χ0n) is 27.5. The van der Waals surface area contributed by atoms with Gasteiger partial charge in [-0.3, -0.25) is 0 Å². The van der Waals surface area contributed by atoms with Gasteiger partial charge in [-0.25, -0.2) is 19.9 Å². The summed E-state index contributed by atoms with van der Waals surface area (Å²) in [6.45, 7) is 8.26. The van der Waals surface area contributed by atoms with Crippen molar-refractivity contribution in [3.05, 3.63) is 125 Å². The van der Waals surface area contributed by atoms with Crippen molar-refractivity contribution in [2.24, 2.45) is 0 Å². The second kappa shape index (κ2) is 14.2. The molecule has 0 unspecified atom stereocenters. The van der Waals surface area contributed by atoms with Gasteiger partial charge in [0.25, 0.3) is 0 Å². The summed E-state index contributed by atoms with van der Waals surface area (Å²) in [5.74, 6) is 0. The predicted octanol–water partition coefficient (Wildman–Crippen LogP) is 11.3. The highest BCUT2D eigenvalue weighted by molar-refractivity contribution is 7.26. The van der Waals surface area contributed by atoms with E-state index in [4.69, 9.17) is 44.1 Å². The van der Waals surface area contributed by atoms with Crippen molar-refractivity contribution in [2.75, 3.05) is 0 Å². The molecule has 1 aliphatic rings. The Kier molecular flexibility index (Phi) is 9.85. The van der Waals surface area contributed by atoms with Gasteiger partial charge in [0, 0.05) is 25.7 Å². The molecule has 12 heteroatoms. The van der Waals surface area contributed by atoms with E-state index >= 15 is 0 Å². The summed E-state index contributed by atoms with van der Waals surface area (Å²) < 4.78 is 16.2. The fourth-order valence-electron chi connectivity index (χ4n) is 5.48. The van der Waals surface area contributed by atoms with Crippen molar-refractivity contribution in [3.63, 3.8) is 0 Å². The molecule has 250 valence electrons. The number of hydrogen-bond donors (Lipinski definition) is 0. The van der Waals surface area contributed by atoms with Crippen molar-refractivity contribution in [2.45, 2.75) is 38.9 Å². The van der Waals surface area contributed by atoms with Crippen molar-refractivity contribution in [3.8, 4) is 11.3 Å². The summed E-state index contributed by atoms with van der Waals surface area (Å²) in [6, 6.07) is 36.4. The third-order valence-corrected chi connectivity index (χ3v) is 11.8. The second-order valence-electron chi connectivity index (χ2n) is 12.5. The van der Waals surface area contributed by atoms with Gasteiger partial charge in [0.05, 0.1) is 37.3 Å². The minimum Gasteiger partial charge on any atom is -0.399 e. The first-order valence-electron chi connectivity index (χ1n) is 15.8. The maximum absolute atomic E-state index is 6.11. The Morgan fingerprint density at radius 3 is 1.58 bits per heavy atom. The molecule has 1 fully saturated rings. The van der Waals surface area contributed by atoms with Gasteiger partial charge in [0.15, 0.2) is 5.15 Å². The van der Waals surface area contributed by atoms with E-state index in [1.807, 2.05) is 97.1 Å². The molecule has 0 spiro atoms. The molecular weight excluding hydrogens is 726 g/mol. The molecule has 0 bridgehead atoms. The number of hydrogen-bond acceptors (Lipinski definition) is 8. The molecule has 5 heterocycles. The minimum atomic E-state index is -0.256. The number of nitrogens with zero attached hydrogens (tertiary/aromatic N) is 4. The molecule has 9 rings (SSSR count). The third-order valence-electron chi connectivity index (χ3n) is 8.72. The van der Waals surface area contributed by atoms with Crippen LogP contribution in [0.1, 0.15) is 27.7 Å². The lowest BCUT2D eigenvalue weighted by Gasteiger charge is -2.32. The lowest BCUT2D eigenvalue weighted by atomic mass is 9.79. The Hall–Kier alpha value is -3.67. The van der Waals surface area contributed by atoms with Gasteiger partial charge >= 0.3 is 7.12 Å². The van der Waals surface area contributed by atoms with E-state index in [1.54, 1.807) is 22.7 Å². The van der Waals surface area contributed by atoms with Crippen LogP contribution < -0.4 is 5.46 Å². The number of fused-ring (bicyclic) bond motifs is 6. The maximum Gasteiger partial charge on any atom is 0.494 e. The van der Waals surface area contributed by atoms with Gasteiger partial charge in [0.2, 0.25) is 10.6 Å². The van der Waals surface area contributed by atoms with Crippen LogP contribution in [-0.4, -0.2) is 38.3 Å². The first kappa shape index (κ1) is 34.8. The largest absolute Gasteiger partial charge is 0.494 e. The first-order chi connectivity index (χ1) is 24.0. The Morgan fingerprint density at radius 1 is 0.540 bits per heavy atom. The molecule has 0 saturated carbocycles. The first-order valence-corrected chi connectivity index (χ1v) is 18.6. The molecule has 0 amide bonds. The van der Waals surface area contributed by atoms with Gasteiger partial charge in [-0.05, 0) is 68.5 Å². The van der Waals surface area contributed by atoms with Gasteiger partial charge < -0.3 is 9.31 Å². The topological polar surface area (TPSA) is 70.0 Å². The number of halogens is 3. The van der Waals surface area contributed by atoms with Crippen LogP contribution >= 0.6 is 57.5 Å². The van der Waals surface area contributed by atoms with E-state index in [2.05, 4.69) is 59.8 Å². The summed E-state index contributed by atoms with van der Waals surface area (Å²) >= 11 is 21.2. The molecule has 50 heavy (non-hydrogen) atoms. The quantitative estimate of drug-likeness (QED) is 0.0994. The van der Waals surface area contributed by atoms with Crippen molar-refractivity contribution < 1.29 is 9.31 Å². The van der Waals surface area contributed by atoms with Gasteiger partial charge in [-0.2, -0.15) is 0 Å². The number of thiophene rings is 2. The van der Waals surface area contributed by atoms with E-state index in [0.717, 1.165) is 52.6 Å². The molecule has 6 nitrogen and oxygen atoms in total. The number of rotatable bonds is 2. The average Bonchev–Trinajstić information content (AvgIpc) is 3.74. The molecule has 8 aromatic rings. The molecule has 4 aromatic heterocycles. The van der Waals surface area contributed by atoms with E-state index in [0.29, 0.717) is 10.4 Å². The minimum absolute atomic E-state index is 0.191. The van der Waals surface area contributed by atoms with Crippen LogP contribution in [-0.2, 0) is 9.31 Å². The monoisotopic (exact) mass is 754 g/mol. The summed E-state index contributed by atoms with van der Waals surface area (Å²) in [6.07, 6.45) is 0. The molecule has 0 atom stereocenters. The Bertz CT molecular complexity index is 2440. The number of aromatic nitrogens is 4. The Morgan fingerprint density at radius 2 is 1.00 bits per heavy atom. The van der Waals surface area contributed by atoms with Crippen molar-refractivity contribution in [1.29, 1.82) is 0 Å². The normalized spacial score (nSPS) is 14.8. The fourth-order valence-corrected chi connectivity index (χ4v) is 8.32. The van der Waals surface area contributed by atoms with E-state index in [1.165, 1.54) is 4.70 Å². The third kappa shape index (κ3) is 6.96. The highest BCUT2D eigenvalue weighted by Gasteiger charge is 2.51. The van der Waals surface area contributed by atoms with Crippen LogP contribution in [0.15, 0.2) is 109 Å². The SMILES string of the molecule is CC1(C)OB(c2ccccc2)OC1(C)C.Clc1nc(-c2ccccc2)c2sc3ccccc3c2n1.Clc1nc(Cl)c2sc3ccccc3c2n1. The average molecular weight is 756 g/mol. The van der Waals surface area contributed by atoms with Crippen LogP contribution in [0.5, 0.6) is 0 Å². The fraction of sp³-hybridized carbons (Fsp3) is 0.158. The van der Waals surface area contributed by atoms with Gasteiger partial charge in [0.1, 0.15) is 0 Å². The van der Waals surface area contributed by atoms with E-state index < -0.39 is 0 Å². The number of benzene rings is 4. The van der Waals surface area contributed by atoms with Gasteiger partial charge in [-0.1, -0.05) is 109 Å². The smallest absolute Gasteiger partial charge is 0.399 e. The molecule has 1 saturated heterocycles. The molecule has 4 aromatic carbocycles. The van der Waals surface area contributed by atoms with Crippen LogP contribution in [0.3, 0.4) is 0 Å². The Balaban J connectivity index is 0.000000120. The molecule has 0 aliphatic carbocycles. The highest BCUT2D eigenvalue weighted by Crippen LogP contribution is 2.39. The predicted molar refractivity (Wildman–Crippen MR) is 212 cm³/mol. The lowest BCUT2D eigenvalue weighted by molar-refractivity contribution is 0.00578. The standard InChI is InChI=1S/C16H9ClN2S.C12H17BO2.C10H4Cl2N2S/c17-16-18-13(10-6-2-1-3-7-10)15-14(19-16)11-8-4-5-9-12(11)20-15;1-11(2)12(3,4)15-13(14-11)10-8-6-5-7-9-10;11-9-8-7(13-10(12)14-9)5-3-1-2-4-6(5)15-8/h1-9H;5-9H,1-4H3;1-4H. The van der Waals surface area contributed by atoms with Crippen LogP contribution in [0, 0.1) is 0 Å². The lowest BCUT2D eigenvalue weighted by Crippen LogP contribution is -2.41.